The third kappa shape index (κ3) is 3.36. The number of rotatable bonds is 3. The largest absolute Gasteiger partial charge is 0.588 e. The fourth-order valence-corrected chi connectivity index (χ4v) is 5.78. The quantitative estimate of drug-likeness (QED) is 0.730. The lowest BCUT2D eigenvalue weighted by Crippen LogP contribution is -2.36. The molecule has 0 saturated heterocycles. The van der Waals surface area contributed by atoms with Crippen molar-refractivity contribution in [2.24, 2.45) is 5.41 Å². The number of amides is 2. The molecule has 0 fully saturated rings. The molecule has 0 spiro atoms. The number of carbonyl (C=O) groups excluding carboxylic acids is 1. The van der Waals surface area contributed by atoms with Gasteiger partial charge in [-0.1, -0.05) is 26.8 Å². The number of nitrogens with zero attached hydrogens (tertiary/aromatic N) is 2. The molecule has 1 aromatic heterocycles. The Hall–Kier alpha value is -2.19. The van der Waals surface area contributed by atoms with E-state index in [9.17, 15) is 9.35 Å². The van der Waals surface area contributed by atoms with Gasteiger partial charge in [0.2, 0.25) is 0 Å². The van der Waals surface area contributed by atoms with E-state index in [0.29, 0.717) is 29.8 Å². The van der Waals surface area contributed by atoms with Gasteiger partial charge in [-0.3, -0.25) is 0 Å². The van der Waals surface area contributed by atoms with Crippen LogP contribution in [0.3, 0.4) is 0 Å². The van der Waals surface area contributed by atoms with Crippen molar-refractivity contribution < 1.29 is 14.1 Å². The molecule has 0 saturated carbocycles. The molecule has 0 unspecified atom stereocenters. The van der Waals surface area contributed by atoms with Crippen LogP contribution < -0.4 is 14.8 Å². The van der Waals surface area contributed by atoms with E-state index >= 15 is 0 Å². The number of benzene rings is 1. The summed E-state index contributed by atoms with van der Waals surface area (Å²) < 4.78 is 23.0. The Bertz CT molecular complexity index is 1020. The average molecular weight is 429 g/mol. The SMILES string of the molecule is C[C@@H]1CCc2cc3c(c(NC(=O)N[S@+]([O-])c4cnn5c4OCC(C)(C)C5)c21)CCC3. The van der Waals surface area contributed by atoms with E-state index in [0.717, 1.165) is 37.8 Å². The summed E-state index contributed by atoms with van der Waals surface area (Å²) in [5.41, 5.74) is 6.10. The van der Waals surface area contributed by atoms with Crippen LogP contribution in [0.2, 0.25) is 0 Å². The van der Waals surface area contributed by atoms with Crippen molar-refractivity contribution >= 4 is 23.1 Å². The van der Waals surface area contributed by atoms with Crippen LogP contribution in [0, 0.1) is 5.41 Å². The van der Waals surface area contributed by atoms with Crippen LogP contribution in [0.1, 0.15) is 61.8 Å². The number of aromatic nitrogens is 2. The maximum Gasteiger partial charge on any atom is 0.361 e. The van der Waals surface area contributed by atoms with Crippen molar-refractivity contribution in [2.75, 3.05) is 11.9 Å². The Labute approximate surface area is 179 Å². The van der Waals surface area contributed by atoms with Crippen molar-refractivity contribution in [1.29, 1.82) is 0 Å². The first-order valence-corrected chi connectivity index (χ1v) is 11.8. The molecule has 7 nitrogen and oxygen atoms in total. The number of carbonyl (C=O) groups is 1. The predicted molar refractivity (Wildman–Crippen MR) is 115 cm³/mol. The molecule has 1 aromatic carbocycles. The highest BCUT2D eigenvalue weighted by atomic mass is 32.2. The molecule has 1 aliphatic heterocycles. The maximum absolute atomic E-state index is 12.9. The highest BCUT2D eigenvalue weighted by Crippen LogP contribution is 2.44. The summed E-state index contributed by atoms with van der Waals surface area (Å²) in [6.45, 7) is 7.61. The van der Waals surface area contributed by atoms with Crippen LogP contribution in [0.15, 0.2) is 17.2 Å². The number of hydrogen-bond acceptors (Lipinski definition) is 4. The third-order valence-electron chi connectivity index (χ3n) is 6.43. The molecule has 5 rings (SSSR count). The molecule has 8 heteroatoms. The van der Waals surface area contributed by atoms with Gasteiger partial charge in [-0.2, -0.15) is 5.10 Å². The van der Waals surface area contributed by atoms with Gasteiger partial charge in [0.15, 0.2) is 0 Å². The molecule has 3 aliphatic rings. The van der Waals surface area contributed by atoms with Gasteiger partial charge >= 0.3 is 6.03 Å². The topological polar surface area (TPSA) is 91.2 Å². The van der Waals surface area contributed by atoms with E-state index < -0.39 is 17.4 Å². The molecule has 2 heterocycles. The standard InChI is InChI=1S/C22H28N4O3S/c1-13-7-8-15-9-14-5-4-6-16(14)19(18(13)15)24-21(27)25-30(28)17-10-23-26-11-22(2,3)12-29-20(17)26/h9-10,13H,4-8,11-12H2,1-3H3,(H2,24,25,27)/t13-,30-/m1/s1. The smallest absolute Gasteiger partial charge is 0.361 e. The summed E-state index contributed by atoms with van der Waals surface area (Å²) in [6, 6.07) is 1.88. The van der Waals surface area contributed by atoms with Crippen LogP contribution in [0.25, 0.3) is 0 Å². The maximum atomic E-state index is 12.9. The van der Waals surface area contributed by atoms with Crippen LogP contribution in [0.4, 0.5) is 10.5 Å². The second-order valence-electron chi connectivity index (χ2n) is 9.50. The molecule has 0 bridgehead atoms. The number of anilines is 1. The van der Waals surface area contributed by atoms with E-state index in [2.05, 4.69) is 42.0 Å². The molecule has 2 N–H and O–H groups in total. The normalized spacial score (nSPS) is 21.9. The Morgan fingerprint density at radius 1 is 1.33 bits per heavy atom. The van der Waals surface area contributed by atoms with E-state index in [1.165, 1.54) is 28.5 Å². The molecule has 2 amide bonds. The monoisotopic (exact) mass is 428 g/mol. The lowest BCUT2D eigenvalue weighted by atomic mass is 9.94. The minimum Gasteiger partial charge on any atom is -0.588 e. The van der Waals surface area contributed by atoms with Crippen molar-refractivity contribution in [3.63, 3.8) is 0 Å². The number of fused-ring (bicyclic) bond motifs is 3. The first-order valence-electron chi connectivity index (χ1n) is 10.7. The van der Waals surface area contributed by atoms with Crippen molar-refractivity contribution in [3.8, 4) is 5.88 Å². The van der Waals surface area contributed by atoms with Gasteiger partial charge in [0, 0.05) is 11.1 Å². The average Bonchev–Trinajstić information content (AvgIpc) is 3.39. The number of hydrogen-bond donors (Lipinski definition) is 2. The van der Waals surface area contributed by atoms with Gasteiger partial charge in [0.1, 0.15) is 17.6 Å². The van der Waals surface area contributed by atoms with Gasteiger partial charge in [0.05, 0.1) is 13.2 Å². The highest BCUT2D eigenvalue weighted by Gasteiger charge is 2.35. The Morgan fingerprint density at radius 3 is 3.00 bits per heavy atom. The molecular formula is C22H28N4O3S. The number of nitrogens with one attached hydrogen (secondary N) is 2. The Balaban J connectivity index is 1.35. The van der Waals surface area contributed by atoms with Gasteiger partial charge in [-0.25, -0.2) is 9.48 Å². The van der Waals surface area contributed by atoms with Crippen molar-refractivity contribution in [3.05, 3.63) is 34.5 Å². The summed E-state index contributed by atoms with van der Waals surface area (Å²) >= 11 is -1.75. The van der Waals surface area contributed by atoms with E-state index in [1.54, 1.807) is 4.68 Å². The molecule has 2 aliphatic carbocycles. The molecular weight excluding hydrogens is 400 g/mol. The van der Waals surface area contributed by atoms with Crippen LogP contribution in [0.5, 0.6) is 5.88 Å². The second kappa shape index (κ2) is 7.20. The summed E-state index contributed by atoms with van der Waals surface area (Å²) in [5.74, 6) is 0.897. The molecule has 0 radical (unpaired) electrons. The molecule has 30 heavy (non-hydrogen) atoms. The molecule has 160 valence electrons. The zero-order valence-corrected chi connectivity index (χ0v) is 18.5. The Kier molecular flexibility index (Phi) is 4.74. The van der Waals surface area contributed by atoms with Crippen LogP contribution in [-0.2, 0) is 37.2 Å². The first kappa shape index (κ1) is 19.8. The van der Waals surface area contributed by atoms with Crippen molar-refractivity contribution in [1.82, 2.24) is 14.5 Å². The van der Waals surface area contributed by atoms with E-state index in [1.807, 2.05) is 0 Å². The number of urea groups is 1. The fraction of sp³-hybridized carbons (Fsp3) is 0.545. The molecule has 2 aromatic rings. The summed E-state index contributed by atoms with van der Waals surface area (Å²) in [6.07, 6.45) is 6.85. The van der Waals surface area contributed by atoms with Gasteiger partial charge in [-0.05, 0) is 60.3 Å². The zero-order valence-electron chi connectivity index (χ0n) is 17.7. The van der Waals surface area contributed by atoms with Crippen molar-refractivity contribution in [2.45, 2.75) is 70.2 Å². The molecule has 2 atom stereocenters. The van der Waals surface area contributed by atoms with E-state index in [-0.39, 0.29) is 5.41 Å². The second-order valence-corrected chi connectivity index (χ2v) is 10.7. The van der Waals surface area contributed by atoms with E-state index in [4.69, 9.17) is 4.74 Å². The van der Waals surface area contributed by atoms with Crippen LogP contribution in [-0.4, -0.2) is 27.0 Å². The summed E-state index contributed by atoms with van der Waals surface area (Å²) in [5, 5.41) is 7.34. The summed E-state index contributed by atoms with van der Waals surface area (Å²) in [4.78, 5) is 13.2. The van der Waals surface area contributed by atoms with Crippen LogP contribution >= 0.6 is 0 Å². The van der Waals surface area contributed by atoms with Gasteiger partial charge in [0.25, 0.3) is 10.8 Å². The lowest BCUT2D eigenvalue weighted by molar-refractivity contribution is 0.0970. The number of aryl methyl sites for hydroxylation is 2. The minimum absolute atomic E-state index is 0.0344. The first-order chi connectivity index (χ1) is 14.3. The predicted octanol–water partition coefficient (Wildman–Crippen LogP) is 3.68. The third-order valence-corrected chi connectivity index (χ3v) is 7.48. The van der Waals surface area contributed by atoms with Gasteiger partial charge in [-0.15, -0.1) is 4.72 Å². The Morgan fingerprint density at radius 2 is 2.17 bits per heavy atom. The summed E-state index contributed by atoms with van der Waals surface area (Å²) in [7, 11) is 0. The fourth-order valence-electron chi connectivity index (χ4n) is 4.99. The highest BCUT2D eigenvalue weighted by molar-refractivity contribution is 7.90. The zero-order chi connectivity index (χ0) is 21.0. The lowest BCUT2D eigenvalue weighted by Gasteiger charge is -2.30. The van der Waals surface area contributed by atoms with Gasteiger partial charge < -0.3 is 14.6 Å². The minimum atomic E-state index is -1.75. The number of ether oxygens (including phenoxy) is 1.